The Kier molecular flexibility index (Phi) is 5.39. The summed E-state index contributed by atoms with van der Waals surface area (Å²) in [5.74, 6) is 0. The predicted molar refractivity (Wildman–Crippen MR) is 77.4 cm³/mol. The smallest absolute Gasteiger partial charge is 0.0167 e. The van der Waals surface area contributed by atoms with Crippen LogP contribution in [0.25, 0.3) is 6.08 Å². The molecule has 0 aromatic heterocycles. The molecule has 1 aliphatic rings. The van der Waals surface area contributed by atoms with Crippen LogP contribution in [0.15, 0.2) is 36.4 Å². The van der Waals surface area contributed by atoms with Crippen molar-refractivity contribution in [1.82, 2.24) is 9.80 Å². The summed E-state index contributed by atoms with van der Waals surface area (Å²) >= 11 is 0. The number of piperazine rings is 1. The van der Waals surface area contributed by atoms with Gasteiger partial charge in [-0.2, -0.15) is 0 Å². The molecule has 1 fully saturated rings. The lowest BCUT2D eigenvalue weighted by atomic mass is 10.2. The molecule has 1 heterocycles. The van der Waals surface area contributed by atoms with E-state index < -0.39 is 0 Å². The molecule has 1 aromatic carbocycles. The first-order chi connectivity index (χ1) is 8.88. The molecule has 98 valence electrons. The van der Waals surface area contributed by atoms with Crippen molar-refractivity contribution in [3.8, 4) is 0 Å². The van der Waals surface area contributed by atoms with E-state index in [-0.39, 0.29) is 0 Å². The van der Waals surface area contributed by atoms with Crippen molar-refractivity contribution >= 4 is 6.08 Å². The highest BCUT2D eigenvalue weighted by Crippen LogP contribution is 2.04. The second-order valence-corrected chi connectivity index (χ2v) is 4.74. The minimum Gasteiger partial charge on any atom is -0.329 e. The fourth-order valence-electron chi connectivity index (χ4n) is 2.28. The molecule has 2 N–H and O–H groups in total. The molecule has 0 spiro atoms. The van der Waals surface area contributed by atoms with Crippen molar-refractivity contribution in [2.24, 2.45) is 5.73 Å². The molecule has 0 amide bonds. The van der Waals surface area contributed by atoms with Gasteiger partial charge >= 0.3 is 0 Å². The topological polar surface area (TPSA) is 32.5 Å². The highest BCUT2D eigenvalue weighted by Gasteiger charge is 2.14. The molecule has 2 rings (SSSR count). The van der Waals surface area contributed by atoms with Crippen LogP contribution in [0.2, 0.25) is 0 Å². The fraction of sp³-hybridized carbons (Fsp3) is 0.467. The number of rotatable bonds is 5. The van der Waals surface area contributed by atoms with Gasteiger partial charge in [0.1, 0.15) is 0 Å². The molecule has 18 heavy (non-hydrogen) atoms. The zero-order valence-electron chi connectivity index (χ0n) is 11.0. The van der Waals surface area contributed by atoms with Crippen molar-refractivity contribution in [3.63, 3.8) is 0 Å². The zero-order chi connectivity index (χ0) is 12.6. The van der Waals surface area contributed by atoms with E-state index in [9.17, 15) is 0 Å². The average molecular weight is 245 g/mol. The Balaban J connectivity index is 1.71. The Morgan fingerprint density at radius 2 is 1.67 bits per heavy atom. The molecule has 3 nitrogen and oxygen atoms in total. The largest absolute Gasteiger partial charge is 0.329 e. The van der Waals surface area contributed by atoms with E-state index in [0.717, 1.165) is 45.8 Å². The molecule has 1 aromatic rings. The minimum absolute atomic E-state index is 0.772. The number of nitrogens with zero attached hydrogens (tertiary/aromatic N) is 2. The summed E-state index contributed by atoms with van der Waals surface area (Å²) in [4.78, 5) is 4.93. The van der Waals surface area contributed by atoms with Gasteiger partial charge in [-0.3, -0.25) is 9.80 Å². The third-order valence-corrected chi connectivity index (χ3v) is 3.38. The summed E-state index contributed by atoms with van der Waals surface area (Å²) in [5, 5.41) is 0. The SMILES string of the molecule is NCCN1CCN(C/C=C/c2ccccc2)CC1. The molecule has 0 atom stereocenters. The van der Waals surface area contributed by atoms with Crippen LogP contribution < -0.4 is 5.73 Å². The Labute approximate surface area is 110 Å². The van der Waals surface area contributed by atoms with Crippen LogP contribution in [0.5, 0.6) is 0 Å². The molecule has 0 radical (unpaired) electrons. The van der Waals surface area contributed by atoms with Crippen LogP contribution >= 0.6 is 0 Å². The Hall–Kier alpha value is -1.16. The van der Waals surface area contributed by atoms with Gasteiger partial charge in [-0.25, -0.2) is 0 Å². The maximum Gasteiger partial charge on any atom is 0.0167 e. The number of benzene rings is 1. The molecule has 1 aliphatic heterocycles. The van der Waals surface area contributed by atoms with Crippen molar-refractivity contribution < 1.29 is 0 Å². The summed E-state index contributed by atoms with van der Waals surface area (Å²) in [6, 6.07) is 10.5. The highest BCUT2D eigenvalue weighted by molar-refractivity contribution is 5.48. The van der Waals surface area contributed by atoms with E-state index in [1.165, 1.54) is 5.56 Å². The van der Waals surface area contributed by atoms with Crippen LogP contribution in [0, 0.1) is 0 Å². The van der Waals surface area contributed by atoms with E-state index in [4.69, 9.17) is 5.73 Å². The summed E-state index contributed by atoms with van der Waals surface area (Å²) in [6.07, 6.45) is 4.46. The lowest BCUT2D eigenvalue weighted by molar-refractivity contribution is 0.146. The Bertz CT molecular complexity index is 353. The second-order valence-electron chi connectivity index (χ2n) is 4.74. The Morgan fingerprint density at radius 3 is 2.33 bits per heavy atom. The quantitative estimate of drug-likeness (QED) is 0.848. The van der Waals surface area contributed by atoms with E-state index in [1.54, 1.807) is 0 Å². The van der Waals surface area contributed by atoms with Crippen LogP contribution in [-0.2, 0) is 0 Å². The fourth-order valence-corrected chi connectivity index (χ4v) is 2.28. The van der Waals surface area contributed by atoms with E-state index >= 15 is 0 Å². The van der Waals surface area contributed by atoms with Crippen molar-refractivity contribution in [2.75, 3.05) is 45.8 Å². The second kappa shape index (κ2) is 7.31. The van der Waals surface area contributed by atoms with Crippen LogP contribution in [0.1, 0.15) is 5.56 Å². The summed E-state index contributed by atoms with van der Waals surface area (Å²) in [6.45, 7) is 7.46. The first kappa shape index (κ1) is 13.3. The van der Waals surface area contributed by atoms with E-state index in [2.05, 4.69) is 46.2 Å². The monoisotopic (exact) mass is 245 g/mol. The van der Waals surface area contributed by atoms with Gasteiger partial charge in [-0.1, -0.05) is 42.5 Å². The third kappa shape index (κ3) is 4.26. The molecule has 0 saturated carbocycles. The molecule has 1 saturated heterocycles. The van der Waals surface area contributed by atoms with E-state index in [0.29, 0.717) is 0 Å². The van der Waals surface area contributed by atoms with Gasteiger partial charge in [-0.05, 0) is 5.56 Å². The molecule has 0 aliphatic carbocycles. The molecule has 0 bridgehead atoms. The Morgan fingerprint density at radius 1 is 1.00 bits per heavy atom. The first-order valence-corrected chi connectivity index (χ1v) is 6.75. The number of hydrogen-bond acceptors (Lipinski definition) is 3. The molecule has 3 heteroatoms. The van der Waals surface area contributed by atoms with Crippen LogP contribution in [-0.4, -0.2) is 55.6 Å². The first-order valence-electron chi connectivity index (χ1n) is 6.75. The van der Waals surface area contributed by atoms with Crippen molar-refractivity contribution in [3.05, 3.63) is 42.0 Å². The maximum atomic E-state index is 5.57. The van der Waals surface area contributed by atoms with Gasteiger partial charge in [-0.15, -0.1) is 0 Å². The lowest BCUT2D eigenvalue weighted by Gasteiger charge is -2.33. The third-order valence-electron chi connectivity index (χ3n) is 3.38. The summed E-state index contributed by atoms with van der Waals surface area (Å²) in [7, 11) is 0. The average Bonchev–Trinajstić information content (AvgIpc) is 2.42. The predicted octanol–water partition coefficient (Wildman–Crippen LogP) is 1.28. The van der Waals surface area contributed by atoms with Crippen LogP contribution in [0.3, 0.4) is 0 Å². The molecule has 0 unspecified atom stereocenters. The minimum atomic E-state index is 0.772. The maximum absolute atomic E-state index is 5.57. The van der Waals surface area contributed by atoms with Crippen molar-refractivity contribution in [1.29, 1.82) is 0 Å². The number of nitrogens with two attached hydrogens (primary N) is 1. The molecular formula is C15H23N3. The number of hydrogen-bond donors (Lipinski definition) is 1. The highest BCUT2D eigenvalue weighted by atomic mass is 15.3. The normalized spacial score (nSPS) is 18.5. The van der Waals surface area contributed by atoms with Gasteiger partial charge in [0, 0.05) is 45.8 Å². The van der Waals surface area contributed by atoms with Gasteiger partial charge in [0.05, 0.1) is 0 Å². The van der Waals surface area contributed by atoms with Gasteiger partial charge in [0.15, 0.2) is 0 Å². The molecular weight excluding hydrogens is 222 g/mol. The summed E-state index contributed by atoms with van der Waals surface area (Å²) < 4.78 is 0. The van der Waals surface area contributed by atoms with Gasteiger partial charge in [0.2, 0.25) is 0 Å². The zero-order valence-corrected chi connectivity index (χ0v) is 11.0. The van der Waals surface area contributed by atoms with Crippen LogP contribution in [0.4, 0.5) is 0 Å². The summed E-state index contributed by atoms with van der Waals surface area (Å²) in [5.41, 5.74) is 6.85. The van der Waals surface area contributed by atoms with E-state index in [1.807, 2.05) is 6.07 Å². The standard InChI is InChI=1S/C15H23N3/c16-8-10-18-13-11-17(12-14-18)9-4-7-15-5-2-1-3-6-15/h1-7H,8-14,16H2/b7-4+. The van der Waals surface area contributed by atoms with Crippen molar-refractivity contribution in [2.45, 2.75) is 0 Å². The lowest BCUT2D eigenvalue weighted by Crippen LogP contribution is -2.47. The van der Waals surface area contributed by atoms with Gasteiger partial charge < -0.3 is 5.73 Å². The van der Waals surface area contributed by atoms with Gasteiger partial charge in [0.25, 0.3) is 0 Å².